The molecule has 8 heteroatoms. The van der Waals surface area contributed by atoms with Crippen LogP contribution in [0.5, 0.6) is 0 Å². The lowest BCUT2D eigenvalue weighted by atomic mass is 10.1. The van der Waals surface area contributed by atoms with E-state index < -0.39 is 17.5 Å². The van der Waals surface area contributed by atoms with Gasteiger partial charge >= 0.3 is 5.63 Å². The van der Waals surface area contributed by atoms with Gasteiger partial charge in [0, 0.05) is 22.7 Å². The first-order valence-electron chi connectivity index (χ1n) is 8.00. The molecule has 0 unspecified atom stereocenters. The molecule has 3 rings (SSSR count). The Morgan fingerprint density at radius 3 is 2.77 bits per heavy atom. The van der Waals surface area contributed by atoms with Gasteiger partial charge in [-0.2, -0.15) is 0 Å². The van der Waals surface area contributed by atoms with Gasteiger partial charge in [-0.1, -0.05) is 25.1 Å². The number of rotatable bonds is 6. The minimum atomic E-state index is -1.29. The molecular formula is C18H15N2O5S-. The van der Waals surface area contributed by atoms with Crippen molar-refractivity contribution in [2.24, 2.45) is 0 Å². The van der Waals surface area contributed by atoms with Gasteiger partial charge in [0.05, 0.1) is 11.3 Å². The number of aliphatic carboxylic acids is 1. The molecule has 0 aliphatic heterocycles. The van der Waals surface area contributed by atoms with Crippen LogP contribution in [0.3, 0.4) is 0 Å². The summed E-state index contributed by atoms with van der Waals surface area (Å²) < 4.78 is 5.35. The molecule has 0 aliphatic rings. The molecular weight excluding hydrogens is 356 g/mol. The van der Waals surface area contributed by atoms with Crippen LogP contribution in [0.25, 0.3) is 22.2 Å². The topological polar surface area (TPSA) is 112 Å². The maximum atomic E-state index is 12.3. The van der Waals surface area contributed by atoms with E-state index in [0.717, 1.165) is 10.3 Å². The summed E-state index contributed by atoms with van der Waals surface area (Å²) in [5.74, 6) is -1.76. The Morgan fingerprint density at radius 1 is 1.27 bits per heavy atom. The minimum absolute atomic E-state index is 0.198. The standard InChI is InChI=1S/C18H16N2O5S/c1-2-13-16(20-18(26-13)19-14(21)7-8-15(22)23)11-9-10-5-3-4-6-12(10)25-17(11)24/h3-6,9H,2,7-8H2,1H3,(H,22,23)(H,19,20,21)/p-1. The zero-order chi connectivity index (χ0) is 18.7. The molecule has 134 valence electrons. The smallest absolute Gasteiger partial charge is 0.345 e. The fraction of sp³-hybridized carbons (Fsp3) is 0.222. The number of carboxylic acid groups (broad SMARTS) is 1. The molecule has 0 saturated carbocycles. The lowest BCUT2D eigenvalue weighted by molar-refractivity contribution is -0.305. The zero-order valence-electron chi connectivity index (χ0n) is 13.9. The number of thiazole rings is 1. The van der Waals surface area contributed by atoms with Gasteiger partial charge in [0.1, 0.15) is 5.58 Å². The number of aryl methyl sites for hydroxylation is 1. The Balaban J connectivity index is 1.94. The van der Waals surface area contributed by atoms with Crippen molar-refractivity contribution in [2.45, 2.75) is 26.2 Å². The summed E-state index contributed by atoms with van der Waals surface area (Å²) in [6.07, 6.45) is 0.0595. The number of aromatic nitrogens is 1. The number of nitrogens with one attached hydrogen (secondary N) is 1. The first-order valence-corrected chi connectivity index (χ1v) is 8.82. The molecule has 26 heavy (non-hydrogen) atoms. The first kappa shape index (κ1) is 17.8. The number of nitrogens with zero attached hydrogens (tertiary/aromatic N) is 1. The van der Waals surface area contributed by atoms with Gasteiger partial charge in [-0.15, -0.1) is 11.3 Å². The molecule has 1 amide bonds. The van der Waals surface area contributed by atoms with Crippen LogP contribution in [0, 0.1) is 0 Å². The summed E-state index contributed by atoms with van der Waals surface area (Å²) in [7, 11) is 0. The lowest BCUT2D eigenvalue weighted by Crippen LogP contribution is -2.24. The van der Waals surface area contributed by atoms with Crippen molar-refractivity contribution in [1.29, 1.82) is 0 Å². The van der Waals surface area contributed by atoms with Crippen LogP contribution in [-0.2, 0) is 16.0 Å². The Bertz CT molecular complexity index is 1040. The highest BCUT2D eigenvalue weighted by Gasteiger charge is 2.17. The van der Waals surface area contributed by atoms with Crippen LogP contribution in [0.2, 0.25) is 0 Å². The van der Waals surface area contributed by atoms with E-state index in [0.29, 0.717) is 28.4 Å². The molecule has 0 atom stereocenters. The van der Waals surface area contributed by atoms with Crippen molar-refractivity contribution in [3.8, 4) is 11.3 Å². The monoisotopic (exact) mass is 371 g/mol. The van der Waals surface area contributed by atoms with Crippen LogP contribution in [-0.4, -0.2) is 16.9 Å². The van der Waals surface area contributed by atoms with E-state index >= 15 is 0 Å². The maximum Gasteiger partial charge on any atom is 0.345 e. The Kier molecular flexibility index (Phi) is 5.13. The predicted molar refractivity (Wildman–Crippen MR) is 95.8 cm³/mol. The second-order valence-corrected chi connectivity index (χ2v) is 6.63. The third-order valence-electron chi connectivity index (χ3n) is 3.72. The van der Waals surface area contributed by atoms with E-state index in [-0.39, 0.29) is 12.8 Å². The summed E-state index contributed by atoms with van der Waals surface area (Å²) in [6, 6.07) is 8.90. The molecule has 7 nitrogen and oxygen atoms in total. The van der Waals surface area contributed by atoms with Crippen LogP contribution >= 0.6 is 11.3 Å². The van der Waals surface area contributed by atoms with E-state index in [1.54, 1.807) is 18.2 Å². The third-order valence-corrected chi connectivity index (χ3v) is 4.83. The number of para-hydroxylation sites is 1. The molecule has 0 radical (unpaired) electrons. The Labute approximate surface area is 152 Å². The van der Waals surface area contributed by atoms with Crippen LogP contribution in [0.1, 0.15) is 24.6 Å². The second kappa shape index (κ2) is 7.49. The van der Waals surface area contributed by atoms with Gasteiger partial charge < -0.3 is 19.6 Å². The van der Waals surface area contributed by atoms with Crippen molar-refractivity contribution in [3.63, 3.8) is 0 Å². The van der Waals surface area contributed by atoms with E-state index in [1.165, 1.54) is 11.3 Å². The number of carbonyl (C=O) groups is 2. The van der Waals surface area contributed by atoms with Gasteiger partial charge in [-0.05, 0) is 25.0 Å². The van der Waals surface area contributed by atoms with Crippen LogP contribution in [0.15, 0.2) is 39.5 Å². The number of anilines is 1. The van der Waals surface area contributed by atoms with E-state index in [4.69, 9.17) is 4.42 Å². The highest BCUT2D eigenvalue weighted by Crippen LogP contribution is 2.31. The largest absolute Gasteiger partial charge is 0.550 e. The number of hydrogen-bond donors (Lipinski definition) is 1. The SMILES string of the molecule is CCc1sc(NC(=O)CCC(=O)[O-])nc1-c1cc2ccccc2oc1=O. The number of carboxylic acids is 1. The summed E-state index contributed by atoms with van der Waals surface area (Å²) in [5.41, 5.74) is 0.781. The summed E-state index contributed by atoms with van der Waals surface area (Å²) >= 11 is 1.24. The molecule has 0 spiro atoms. The molecule has 0 bridgehead atoms. The van der Waals surface area contributed by atoms with Gasteiger partial charge in [0.25, 0.3) is 0 Å². The normalized spacial score (nSPS) is 10.8. The molecule has 0 aliphatic carbocycles. The third kappa shape index (κ3) is 3.80. The minimum Gasteiger partial charge on any atom is -0.550 e. The Hall–Kier alpha value is -3.00. The number of benzene rings is 1. The maximum absolute atomic E-state index is 12.3. The summed E-state index contributed by atoms with van der Waals surface area (Å²) in [5, 5.41) is 14.1. The number of amides is 1. The van der Waals surface area contributed by atoms with Crippen molar-refractivity contribution < 1.29 is 19.1 Å². The van der Waals surface area contributed by atoms with Crippen LogP contribution in [0.4, 0.5) is 5.13 Å². The highest BCUT2D eigenvalue weighted by atomic mass is 32.1. The van der Waals surface area contributed by atoms with E-state index in [2.05, 4.69) is 10.3 Å². The molecule has 0 fully saturated rings. The van der Waals surface area contributed by atoms with Crippen molar-refractivity contribution in [1.82, 2.24) is 4.98 Å². The highest BCUT2D eigenvalue weighted by molar-refractivity contribution is 7.16. The van der Waals surface area contributed by atoms with Crippen molar-refractivity contribution >= 4 is 39.3 Å². The van der Waals surface area contributed by atoms with Gasteiger partial charge in [0.15, 0.2) is 5.13 Å². The number of fused-ring (bicyclic) bond motifs is 1. The molecule has 3 aromatic rings. The quantitative estimate of drug-likeness (QED) is 0.663. The van der Waals surface area contributed by atoms with E-state index in [1.807, 2.05) is 19.1 Å². The summed E-state index contributed by atoms with van der Waals surface area (Å²) in [4.78, 5) is 39.7. The molecule has 2 aromatic heterocycles. The first-order chi connectivity index (χ1) is 12.5. The zero-order valence-corrected chi connectivity index (χ0v) is 14.7. The molecule has 0 saturated heterocycles. The average molecular weight is 371 g/mol. The molecule has 2 heterocycles. The number of hydrogen-bond acceptors (Lipinski definition) is 7. The summed E-state index contributed by atoms with van der Waals surface area (Å²) in [6.45, 7) is 1.92. The van der Waals surface area contributed by atoms with Gasteiger partial charge in [0.2, 0.25) is 5.91 Å². The fourth-order valence-corrected chi connectivity index (χ4v) is 3.41. The van der Waals surface area contributed by atoms with Crippen LogP contribution < -0.4 is 16.0 Å². The van der Waals surface area contributed by atoms with Gasteiger partial charge in [-0.3, -0.25) is 4.79 Å². The molecule has 1 N–H and O–H groups in total. The van der Waals surface area contributed by atoms with Crippen molar-refractivity contribution in [2.75, 3.05) is 5.32 Å². The molecule has 1 aromatic carbocycles. The van der Waals surface area contributed by atoms with Gasteiger partial charge in [-0.25, -0.2) is 9.78 Å². The number of carbonyl (C=O) groups excluding carboxylic acids is 2. The lowest BCUT2D eigenvalue weighted by Gasteiger charge is -2.02. The fourth-order valence-electron chi connectivity index (χ4n) is 2.48. The Morgan fingerprint density at radius 2 is 2.04 bits per heavy atom. The van der Waals surface area contributed by atoms with Crippen molar-refractivity contribution in [3.05, 3.63) is 45.6 Å². The van der Waals surface area contributed by atoms with E-state index in [9.17, 15) is 19.5 Å². The predicted octanol–water partition coefficient (Wildman–Crippen LogP) is 1.95. The average Bonchev–Trinajstić information content (AvgIpc) is 3.01. The second-order valence-electron chi connectivity index (χ2n) is 5.55.